The van der Waals surface area contributed by atoms with Gasteiger partial charge in [-0.1, -0.05) is 34.6 Å². The highest BCUT2D eigenvalue weighted by molar-refractivity contribution is 6.65. The molecule has 1 unspecified atom stereocenters. The summed E-state index contributed by atoms with van der Waals surface area (Å²) >= 11 is 0. The van der Waals surface area contributed by atoms with E-state index in [1.54, 1.807) is 0 Å². The molecule has 1 atom stereocenters. The third-order valence-corrected chi connectivity index (χ3v) is 4.04. The van der Waals surface area contributed by atoms with Crippen molar-refractivity contribution in [1.82, 2.24) is 0 Å². The van der Waals surface area contributed by atoms with E-state index in [2.05, 4.69) is 53.8 Å². The second-order valence-electron chi connectivity index (χ2n) is 6.11. The molecule has 2 nitrogen and oxygen atoms in total. The molecular weight excluding hydrogens is 204 g/mol. The average molecular weight is 228 g/mol. The molecule has 0 spiro atoms. The van der Waals surface area contributed by atoms with Gasteiger partial charge in [-0.25, -0.2) is 0 Å². The minimum Gasteiger partial charge on any atom is -0.524 e. The van der Waals surface area contributed by atoms with Gasteiger partial charge in [0, 0.05) is 5.41 Å². The van der Waals surface area contributed by atoms with Gasteiger partial charge in [-0.3, -0.25) is 0 Å². The van der Waals surface area contributed by atoms with Crippen LogP contribution in [0, 0.1) is 11.3 Å². The first-order valence-electron chi connectivity index (χ1n) is 5.71. The van der Waals surface area contributed by atoms with E-state index in [0.29, 0.717) is 5.92 Å². The number of hydrogen-bond donors (Lipinski definition) is 0. The third-order valence-electron chi connectivity index (χ3n) is 2.49. The van der Waals surface area contributed by atoms with Crippen LogP contribution in [0.3, 0.4) is 0 Å². The summed E-state index contributed by atoms with van der Waals surface area (Å²) in [5.41, 5.74) is 0.0845. The molecule has 0 radical (unpaired) electrons. The lowest BCUT2D eigenvalue weighted by Gasteiger charge is -2.39. The molecule has 0 aliphatic carbocycles. The Morgan fingerprint density at radius 1 is 1.27 bits per heavy atom. The van der Waals surface area contributed by atoms with Crippen molar-refractivity contribution in [3.05, 3.63) is 11.8 Å². The highest BCUT2D eigenvalue weighted by atomic mass is 28.4. The smallest absolute Gasteiger partial charge is 0.392 e. The highest BCUT2D eigenvalue weighted by Gasteiger charge is 2.38. The van der Waals surface area contributed by atoms with E-state index in [4.69, 9.17) is 8.85 Å². The fourth-order valence-electron chi connectivity index (χ4n) is 1.57. The summed E-state index contributed by atoms with van der Waals surface area (Å²) in [5, 5.41) is 0. The molecule has 1 aliphatic heterocycles. The van der Waals surface area contributed by atoms with Gasteiger partial charge in [0.15, 0.2) is 0 Å². The van der Waals surface area contributed by atoms with E-state index >= 15 is 0 Å². The average Bonchev–Trinajstić information content (AvgIpc) is 1.99. The standard InChI is InChI=1S/C12H24O2Si/c1-9(2)10-8-11(12(3,4)5)14-15(6,7)13-10/h8-10H,1-7H3. The minimum atomic E-state index is -1.96. The molecule has 15 heavy (non-hydrogen) atoms. The molecule has 1 heterocycles. The Kier molecular flexibility index (Phi) is 3.36. The highest BCUT2D eigenvalue weighted by Crippen LogP contribution is 2.35. The van der Waals surface area contributed by atoms with Crippen LogP contribution in [0.4, 0.5) is 0 Å². The van der Waals surface area contributed by atoms with Gasteiger partial charge >= 0.3 is 8.56 Å². The van der Waals surface area contributed by atoms with Gasteiger partial charge in [-0.05, 0) is 25.1 Å². The molecule has 0 saturated heterocycles. The Balaban J connectivity index is 2.96. The van der Waals surface area contributed by atoms with E-state index in [-0.39, 0.29) is 11.5 Å². The van der Waals surface area contributed by atoms with E-state index in [0.717, 1.165) is 5.76 Å². The van der Waals surface area contributed by atoms with Crippen LogP contribution in [0.5, 0.6) is 0 Å². The van der Waals surface area contributed by atoms with Crippen molar-refractivity contribution in [2.24, 2.45) is 11.3 Å². The van der Waals surface area contributed by atoms with Crippen LogP contribution in [0.2, 0.25) is 13.1 Å². The molecule has 88 valence electrons. The van der Waals surface area contributed by atoms with Crippen LogP contribution in [-0.4, -0.2) is 14.7 Å². The molecule has 0 bridgehead atoms. The van der Waals surface area contributed by atoms with E-state index < -0.39 is 8.56 Å². The maximum absolute atomic E-state index is 6.00. The fraction of sp³-hybridized carbons (Fsp3) is 0.833. The lowest BCUT2D eigenvalue weighted by atomic mass is 9.91. The number of rotatable bonds is 1. The lowest BCUT2D eigenvalue weighted by Crippen LogP contribution is -2.45. The largest absolute Gasteiger partial charge is 0.524 e. The van der Waals surface area contributed by atoms with Crippen molar-refractivity contribution in [2.45, 2.75) is 53.8 Å². The van der Waals surface area contributed by atoms with Gasteiger partial charge in [0.05, 0.1) is 11.9 Å². The van der Waals surface area contributed by atoms with Crippen LogP contribution >= 0.6 is 0 Å². The summed E-state index contributed by atoms with van der Waals surface area (Å²) in [6.07, 6.45) is 2.37. The van der Waals surface area contributed by atoms with Gasteiger partial charge in [-0.2, -0.15) is 0 Å². The molecule has 0 saturated carbocycles. The summed E-state index contributed by atoms with van der Waals surface area (Å²) in [5.74, 6) is 1.61. The maximum atomic E-state index is 6.00. The molecule has 1 aliphatic rings. The summed E-state index contributed by atoms with van der Waals surface area (Å²) < 4.78 is 12.0. The zero-order valence-corrected chi connectivity index (χ0v) is 12.0. The molecule has 0 aromatic heterocycles. The zero-order valence-electron chi connectivity index (χ0n) is 11.0. The Bertz CT molecular complexity index is 261. The van der Waals surface area contributed by atoms with Crippen molar-refractivity contribution >= 4 is 8.56 Å². The molecule has 0 fully saturated rings. The number of hydrogen-bond acceptors (Lipinski definition) is 2. The molecule has 1 rings (SSSR count). The Morgan fingerprint density at radius 3 is 2.20 bits per heavy atom. The van der Waals surface area contributed by atoms with Crippen molar-refractivity contribution in [2.75, 3.05) is 0 Å². The Hall–Kier alpha value is -0.283. The summed E-state index contributed by atoms with van der Waals surface area (Å²) in [4.78, 5) is 0. The van der Waals surface area contributed by atoms with E-state index in [1.807, 2.05) is 0 Å². The predicted molar refractivity (Wildman–Crippen MR) is 65.8 cm³/mol. The van der Waals surface area contributed by atoms with Crippen molar-refractivity contribution in [3.8, 4) is 0 Å². The van der Waals surface area contributed by atoms with E-state index in [1.165, 1.54) is 0 Å². The Labute approximate surface area is 94.9 Å². The van der Waals surface area contributed by atoms with Gasteiger partial charge in [0.2, 0.25) is 0 Å². The van der Waals surface area contributed by atoms with Crippen LogP contribution in [-0.2, 0) is 8.85 Å². The SMILES string of the molecule is CC(C)C1C=C(C(C)(C)C)O[Si](C)(C)O1. The van der Waals surface area contributed by atoms with Gasteiger partial charge in [0.25, 0.3) is 0 Å². The number of allylic oxidation sites excluding steroid dienone is 1. The lowest BCUT2D eigenvalue weighted by molar-refractivity contribution is 0.0954. The monoisotopic (exact) mass is 228 g/mol. The maximum Gasteiger partial charge on any atom is 0.392 e. The summed E-state index contributed by atoms with van der Waals surface area (Å²) in [6, 6.07) is 0. The van der Waals surface area contributed by atoms with Gasteiger partial charge in [-0.15, -0.1) is 0 Å². The molecule has 0 aromatic rings. The molecule has 0 amide bonds. The first-order chi connectivity index (χ1) is 6.62. The first-order valence-corrected chi connectivity index (χ1v) is 8.52. The van der Waals surface area contributed by atoms with Crippen LogP contribution in [0.1, 0.15) is 34.6 Å². The second-order valence-corrected chi connectivity index (χ2v) is 9.35. The molecule has 3 heteroatoms. The normalized spacial score (nSPS) is 26.1. The van der Waals surface area contributed by atoms with Gasteiger partial charge in [0.1, 0.15) is 0 Å². The third kappa shape index (κ3) is 3.35. The first kappa shape index (κ1) is 12.8. The van der Waals surface area contributed by atoms with Gasteiger partial charge < -0.3 is 8.85 Å². The van der Waals surface area contributed by atoms with Crippen molar-refractivity contribution in [3.63, 3.8) is 0 Å². The predicted octanol–water partition coefficient (Wildman–Crippen LogP) is 3.69. The van der Waals surface area contributed by atoms with E-state index in [9.17, 15) is 0 Å². The quantitative estimate of drug-likeness (QED) is 0.637. The van der Waals surface area contributed by atoms with Crippen LogP contribution in [0.15, 0.2) is 11.8 Å². The van der Waals surface area contributed by atoms with Crippen LogP contribution in [0.25, 0.3) is 0 Å². The van der Waals surface area contributed by atoms with Crippen molar-refractivity contribution in [1.29, 1.82) is 0 Å². The molecular formula is C12H24O2Si. The van der Waals surface area contributed by atoms with Crippen LogP contribution < -0.4 is 0 Å². The van der Waals surface area contributed by atoms with Crippen molar-refractivity contribution < 1.29 is 8.85 Å². The summed E-state index contributed by atoms with van der Waals surface area (Å²) in [6.45, 7) is 15.2. The minimum absolute atomic E-state index is 0.0845. The fourth-order valence-corrected chi connectivity index (χ4v) is 3.51. The second kappa shape index (κ2) is 3.94. The summed E-state index contributed by atoms with van der Waals surface area (Å²) in [7, 11) is -1.96. The Morgan fingerprint density at radius 2 is 1.80 bits per heavy atom. The molecule has 0 N–H and O–H groups in total. The molecule has 0 aromatic carbocycles. The zero-order chi connectivity index (χ0) is 11.9. The topological polar surface area (TPSA) is 18.5 Å².